The minimum Gasteiger partial charge on any atom is -0.497 e. The van der Waals surface area contributed by atoms with Crippen LogP contribution >= 0.6 is 0 Å². The molecule has 3 aliphatic rings. The molecule has 2 atom stereocenters. The average Bonchev–Trinajstić information content (AvgIpc) is 2.75. The molecule has 0 radical (unpaired) electrons. The highest BCUT2D eigenvalue weighted by Gasteiger charge is 2.60. The first kappa shape index (κ1) is 18.2. The van der Waals surface area contributed by atoms with E-state index >= 15 is 0 Å². The van der Waals surface area contributed by atoms with Crippen molar-refractivity contribution in [3.63, 3.8) is 0 Å². The van der Waals surface area contributed by atoms with Gasteiger partial charge in [-0.2, -0.15) is 0 Å². The summed E-state index contributed by atoms with van der Waals surface area (Å²) in [5, 5.41) is 11.8. The average molecular weight is 369 g/mol. The molecule has 2 aliphatic heterocycles. The molecule has 5 nitrogen and oxygen atoms in total. The Morgan fingerprint density at radius 2 is 1.93 bits per heavy atom. The van der Waals surface area contributed by atoms with Crippen LogP contribution in [0.3, 0.4) is 0 Å². The van der Waals surface area contributed by atoms with Gasteiger partial charge in [0.2, 0.25) is 0 Å². The van der Waals surface area contributed by atoms with Crippen LogP contribution in [0.1, 0.15) is 64.0 Å². The molecule has 1 aromatic carbocycles. The molecule has 4 rings (SSSR count). The molecule has 1 amide bonds. The molecule has 0 aromatic heterocycles. The zero-order valence-electron chi connectivity index (χ0n) is 16.5. The summed E-state index contributed by atoms with van der Waals surface area (Å²) in [6, 6.07) is 3.64. The number of hydrogen-bond acceptors (Lipinski definition) is 4. The zero-order valence-corrected chi connectivity index (χ0v) is 16.5. The molecule has 1 aromatic rings. The molecule has 1 aliphatic carbocycles. The number of carbonyl (C=O) groups excluding carboxylic acids is 2. The van der Waals surface area contributed by atoms with Gasteiger partial charge in [-0.05, 0) is 51.3 Å². The van der Waals surface area contributed by atoms with Gasteiger partial charge in [-0.25, -0.2) is 0 Å². The summed E-state index contributed by atoms with van der Waals surface area (Å²) >= 11 is 0. The number of carbonyl (C=O) groups is 2. The Kier molecular flexibility index (Phi) is 4.00. The minimum atomic E-state index is -1.82. The van der Waals surface area contributed by atoms with E-state index in [0.29, 0.717) is 24.2 Å². The summed E-state index contributed by atoms with van der Waals surface area (Å²) < 4.78 is 5.46. The smallest absolute Gasteiger partial charge is 0.265 e. The third kappa shape index (κ3) is 2.40. The fourth-order valence-corrected chi connectivity index (χ4v) is 5.11. The van der Waals surface area contributed by atoms with Crippen molar-refractivity contribution in [2.75, 3.05) is 12.0 Å². The topological polar surface area (TPSA) is 66.8 Å². The van der Waals surface area contributed by atoms with Gasteiger partial charge in [0.15, 0.2) is 5.60 Å². The first-order valence-electron chi connectivity index (χ1n) is 9.74. The second-order valence-corrected chi connectivity index (χ2v) is 8.58. The molecule has 1 fully saturated rings. The summed E-state index contributed by atoms with van der Waals surface area (Å²) in [4.78, 5) is 28.2. The molecule has 5 heteroatoms. The summed E-state index contributed by atoms with van der Waals surface area (Å²) in [7, 11) is 1.57. The predicted molar refractivity (Wildman–Crippen MR) is 104 cm³/mol. The number of aliphatic hydroxyl groups is 1. The Morgan fingerprint density at radius 1 is 1.19 bits per heavy atom. The maximum absolute atomic E-state index is 13.6. The minimum absolute atomic E-state index is 0.0118. The van der Waals surface area contributed by atoms with E-state index in [1.807, 2.05) is 32.9 Å². The van der Waals surface area contributed by atoms with Crippen molar-refractivity contribution in [2.24, 2.45) is 5.92 Å². The Hall–Kier alpha value is -2.14. The van der Waals surface area contributed by atoms with Crippen molar-refractivity contribution < 1.29 is 19.4 Å². The molecule has 2 unspecified atom stereocenters. The number of ether oxygens (including phenoxy) is 1. The van der Waals surface area contributed by atoms with Gasteiger partial charge in [0, 0.05) is 17.5 Å². The van der Waals surface area contributed by atoms with Gasteiger partial charge in [-0.15, -0.1) is 0 Å². The van der Waals surface area contributed by atoms with Crippen LogP contribution < -0.4 is 9.64 Å². The largest absolute Gasteiger partial charge is 0.497 e. The Balaban J connectivity index is 1.99. The number of hydrogen-bond donors (Lipinski definition) is 1. The van der Waals surface area contributed by atoms with Gasteiger partial charge in [0.1, 0.15) is 11.5 Å². The number of benzene rings is 1. The van der Waals surface area contributed by atoms with Crippen LogP contribution in [-0.2, 0) is 15.2 Å². The highest BCUT2D eigenvalue weighted by atomic mass is 16.5. The second-order valence-electron chi connectivity index (χ2n) is 8.58. The fourth-order valence-electron chi connectivity index (χ4n) is 5.11. The third-order valence-electron chi connectivity index (χ3n) is 6.36. The van der Waals surface area contributed by atoms with E-state index in [4.69, 9.17) is 4.74 Å². The molecule has 144 valence electrons. The van der Waals surface area contributed by atoms with Gasteiger partial charge in [-0.1, -0.05) is 18.9 Å². The molecule has 0 saturated heterocycles. The van der Waals surface area contributed by atoms with Crippen molar-refractivity contribution in [1.82, 2.24) is 0 Å². The fraction of sp³-hybridized carbons (Fsp3) is 0.545. The number of allylic oxidation sites excluding steroid dienone is 1. The molecule has 0 bridgehead atoms. The van der Waals surface area contributed by atoms with Crippen molar-refractivity contribution in [3.05, 3.63) is 29.3 Å². The zero-order chi connectivity index (χ0) is 19.6. The van der Waals surface area contributed by atoms with Crippen LogP contribution in [-0.4, -0.2) is 29.4 Å². The first-order valence-corrected chi connectivity index (χ1v) is 9.74. The SMILES string of the molecule is COc1cc2c3c(c1)C(O)(C1CCCCCC1=O)C(=O)N3C(C)(C)C=C2C. The molecule has 0 spiro atoms. The van der Waals surface area contributed by atoms with Crippen molar-refractivity contribution in [2.45, 2.75) is 64.0 Å². The molecule has 2 heterocycles. The lowest BCUT2D eigenvalue weighted by molar-refractivity contribution is -0.150. The standard InChI is InChI=1S/C22H27NO4/c1-13-12-21(2,3)23-19-15(13)10-14(27-4)11-17(19)22(26,20(23)25)16-8-6-5-7-9-18(16)24/h10-12,16,26H,5-9H2,1-4H3. The maximum atomic E-state index is 13.6. The highest BCUT2D eigenvalue weighted by molar-refractivity contribution is 6.14. The Bertz CT molecular complexity index is 869. The van der Waals surface area contributed by atoms with Gasteiger partial charge in [0.05, 0.1) is 24.3 Å². The van der Waals surface area contributed by atoms with Crippen LogP contribution in [0.25, 0.3) is 5.57 Å². The van der Waals surface area contributed by atoms with E-state index in [1.165, 1.54) is 0 Å². The predicted octanol–water partition coefficient (Wildman–Crippen LogP) is 3.57. The number of nitrogens with zero attached hydrogens (tertiary/aromatic N) is 1. The lowest BCUT2D eigenvalue weighted by Gasteiger charge is -2.39. The molecule has 27 heavy (non-hydrogen) atoms. The van der Waals surface area contributed by atoms with Crippen LogP contribution in [0, 0.1) is 5.92 Å². The number of rotatable bonds is 2. The van der Waals surface area contributed by atoms with Crippen molar-refractivity contribution in [1.29, 1.82) is 0 Å². The lowest BCUT2D eigenvalue weighted by atomic mass is 9.76. The number of Topliss-reactive ketones (excluding diaryl/α,β-unsaturated/α-hetero) is 1. The van der Waals surface area contributed by atoms with E-state index in [0.717, 1.165) is 36.1 Å². The molecular weight excluding hydrogens is 342 g/mol. The van der Waals surface area contributed by atoms with Crippen molar-refractivity contribution in [3.8, 4) is 5.75 Å². The van der Waals surface area contributed by atoms with E-state index in [-0.39, 0.29) is 11.7 Å². The number of methoxy groups -OCH3 is 1. The van der Waals surface area contributed by atoms with Crippen molar-refractivity contribution >= 4 is 23.0 Å². The monoisotopic (exact) mass is 369 g/mol. The molecule has 1 N–H and O–H groups in total. The van der Waals surface area contributed by atoms with E-state index in [2.05, 4.69) is 0 Å². The number of anilines is 1. The summed E-state index contributed by atoms with van der Waals surface area (Å²) in [6.07, 6.45) is 5.63. The maximum Gasteiger partial charge on any atom is 0.265 e. The van der Waals surface area contributed by atoms with Crippen LogP contribution in [0.4, 0.5) is 5.69 Å². The van der Waals surface area contributed by atoms with Crippen LogP contribution in [0.15, 0.2) is 18.2 Å². The molecule has 1 saturated carbocycles. The van der Waals surface area contributed by atoms with Gasteiger partial charge in [-0.3, -0.25) is 14.5 Å². The number of amides is 1. The molecular formula is C22H27NO4. The lowest BCUT2D eigenvalue weighted by Crippen LogP contribution is -2.54. The normalized spacial score (nSPS) is 29.3. The quantitative estimate of drug-likeness (QED) is 0.809. The number of ketones is 1. The Morgan fingerprint density at radius 3 is 2.63 bits per heavy atom. The third-order valence-corrected chi connectivity index (χ3v) is 6.36. The summed E-state index contributed by atoms with van der Waals surface area (Å²) in [5.74, 6) is -0.515. The van der Waals surface area contributed by atoms with Gasteiger partial charge in [0.25, 0.3) is 5.91 Å². The summed E-state index contributed by atoms with van der Waals surface area (Å²) in [6.45, 7) is 5.94. The van der Waals surface area contributed by atoms with Gasteiger partial charge < -0.3 is 9.84 Å². The van der Waals surface area contributed by atoms with Crippen LogP contribution in [0.5, 0.6) is 5.75 Å². The van der Waals surface area contributed by atoms with E-state index in [9.17, 15) is 14.7 Å². The van der Waals surface area contributed by atoms with Crippen LogP contribution in [0.2, 0.25) is 0 Å². The second kappa shape index (κ2) is 5.93. The highest BCUT2D eigenvalue weighted by Crippen LogP contribution is 2.55. The van der Waals surface area contributed by atoms with E-state index in [1.54, 1.807) is 18.1 Å². The Labute approximate surface area is 160 Å². The first-order chi connectivity index (χ1) is 12.7. The summed E-state index contributed by atoms with van der Waals surface area (Å²) in [5.41, 5.74) is 0.767. The van der Waals surface area contributed by atoms with Gasteiger partial charge >= 0.3 is 0 Å². The van der Waals surface area contributed by atoms with E-state index < -0.39 is 17.1 Å².